The van der Waals surface area contributed by atoms with Crippen LogP contribution in [0.3, 0.4) is 0 Å². The van der Waals surface area contributed by atoms with Crippen molar-refractivity contribution in [3.63, 3.8) is 0 Å². The standard InChI is InChI=1S/C18H15F3N4O5/c1-29-12-4-3-9(5-13(12)30-2)11-6-14(18(19,20)21)25-16(24-11)10(7-23-25)17(28)22-8-15(26)27/h3-7H,8H2,1-2H3,(H,22,28)(H,26,27). The van der Waals surface area contributed by atoms with Crippen LogP contribution in [0.4, 0.5) is 13.2 Å². The first-order chi connectivity index (χ1) is 14.2. The molecule has 0 saturated heterocycles. The molecule has 3 rings (SSSR count). The van der Waals surface area contributed by atoms with Crippen LogP contribution in [0.5, 0.6) is 11.5 Å². The number of halogens is 3. The summed E-state index contributed by atoms with van der Waals surface area (Å²) in [6, 6.07) is 5.23. The molecule has 0 saturated carbocycles. The topological polar surface area (TPSA) is 115 Å². The number of benzene rings is 1. The zero-order valence-corrected chi connectivity index (χ0v) is 15.6. The molecule has 1 amide bonds. The lowest BCUT2D eigenvalue weighted by atomic mass is 10.1. The summed E-state index contributed by atoms with van der Waals surface area (Å²) in [5.74, 6) is -1.58. The maximum absolute atomic E-state index is 13.6. The van der Waals surface area contributed by atoms with Crippen LogP contribution in [-0.2, 0) is 11.0 Å². The highest BCUT2D eigenvalue weighted by atomic mass is 19.4. The van der Waals surface area contributed by atoms with Gasteiger partial charge >= 0.3 is 12.1 Å². The highest BCUT2D eigenvalue weighted by Gasteiger charge is 2.36. The largest absolute Gasteiger partial charge is 0.493 e. The molecule has 0 aliphatic heterocycles. The Labute approximate surface area is 167 Å². The van der Waals surface area contributed by atoms with Gasteiger partial charge in [-0.15, -0.1) is 0 Å². The summed E-state index contributed by atoms with van der Waals surface area (Å²) in [7, 11) is 2.79. The van der Waals surface area contributed by atoms with Crippen LogP contribution in [0.15, 0.2) is 30.5 Å². The van der Waals surface area contributed by atoms with E-state index in [2.05, 4.69) is 15.4 Å². The minimum Gasteiger partial charge on any atom is -0.493 e. The monoisotopic (exact) mass is 424 g/mol. The molecule has 0 fully saturated rings. The molecule has 158 valence electrons. The molecule has 0 aliphatic rings. The maximum Gasteiger partial charge on any atom is 0.433 e. The van der Waals surface area contributed by atoms with E-state index in [0.29, 0.717) is 10.3 Å². The molecule has 0 spiro atoms. The van der Waals surface area contributed by atoms with Gasteiger partial charge in [-0.05, 0) is 24.3 Å². The number of nitrogens with zero attached hydrogens (tertiary/aromatic N) is 3. The Bertz CT molecular complexity index is 1130. The zero-order chi connectivity index (χ0) is 22.1. The summed E-state index contributed by atoms with van der Waals surface area (Å²) in [5.41, 5.74) is -1.65. The Hall–Kier alpha value is -3.83. The van der Waals surface area contributed by atoms with Crippen molar-refractivity contribution in [1.82, 2.24) is 19.9 Å². The average Bonchev–Trinajstić information content (AvgIpc) is 3.13. The molecule has 0 atom stereocenters. The molecule has 0 unspecified atom stereocenters. The summed E-state index contributed by atoms with van der Waals surface area (Å²) >= 11 is 0. The van der Waals surface area contributed by atoms with Crippen LogP contribution in [0.25, 0.3) is 16.9 Å². The second-order valence-corrected chi connectivity index (χ2v) is 5.96. The van der Waals surface area contributed by atoms with Gasteiger partial charge in [0.15, 0.2) is 22.8 Å². The maximum atomic E-state index is 13.6. The van der Waals surface area contributed by atoms with E-state index in [1.165, 1.54) is 32.4 Å². The predicted octanol–water partition coefficient (Wildman–Crippen LogP) is 2.25. The lowest BCUT2D eigenvalue weighted by molar-refractivity contribution is -0.142. The van der Waals surface area contributed by atoms with Crippen molar-refractivity contribution in [3.8, 4) is 22.8 Å². The lowest BCUT2D eigenvalue weighted by Gasteiger charge is -2.13. The van der Waals surface area contributed by atoms with Crippen LogP contribution >= 0.6 is 0 Å². The minimum absolute atomic E-state index is 0.0939. The van der Waals surface area contributed by atoms with E-state index in [4.69, 9.17) is 14.6 Å². The van der Waals surface area contributed by atoms with E-state index >= 15 is 0 Å². The highest BCUT2D eigenvalue weighted by molar-refractivity contribution is 6.01. The predicted molar refractivity (Wildman–Crippen MR) is 96.5 cm³/mol. The van der Waals surface area contributed by atoms with Gasteiger partial charge < -0.3 is 19.9 Å². The Morgan fingerprint density at radius 3 is 2.47 bits per heavy atom. The molecule has 2 aromatic heterocycles. The zero-order valence-electron chi connectivity index (χ0n) is 15.6. The van der Waals surface area contributed by atoms with Gasteiger partial charge in [-0.2, -0.15) is 18.3 Å². The summed E-state index contributed by atoms with van der Waals surface area (Å²) in [6.07, 6.45) is -3.90. The normalized spacial score (nSPS) is 11.4. The van der Waals surface area contributed by atoms with E-state index in [0.717, 1.165) is 12.3 Å². The molecule has 12 heteroatoms. The van der Waals surface area contributed by atoms with Crippen LogP contribution in [0.1, 0.15) is 16.1 Å². The molecular weight excluding hydrogens is 409 g/mol. The number of carboxylic acids is 1. The van der Waals surface area contributed by atoms with E-state index in [9.17, 15) is 22.8 Å². The first-order valence-electron chi connectivity index (χ1n) is 8.34. The van der Waals surface area contributed by atoms with Crippen molar-refractivity contribution in [2.45, 2.75) is 6.18 Å². The van der Waals surface area contributed by atoms with Gasteiger partial charge in [-0.25, -0.2) is 9.50 Å². The molecule has 2 heterocycles. The Balaban J connectivity index is 2.19. The van der Waals surface area contributed by atoms with Crippen molar-refractivity contribution in [2.75, 3.05) is 20.8 Å². The van der Waals surface area contributed by atoms with Gasteiger partial charge in [0.1, 0.15) is 12.1 Å². The van der Waals surface area contributed by atoms with Crippen molar-refractivity contribution in [2.24, 2.45) is 0 Å². The molecule has 0 bridgehead atoms. The molecule has 2 N–H and O–H groups in total. The van der Waals surface area contributed by atoms with Gasteiger partial charge in [0.25, 0.3) is 5.91 Å². The molecule has 1 aromatic carbocycles. The number of amides is 1. The van der Waals surface area contributed by atoms with E-state index < -0.39 is 30.3 Å². The number of hydrogen-bond acceptors (Lipinski definition) is 6. The van der Waals surface area contributed by atoms with Crippen LogP contribution in [0.2, 0.25) is 0 Å². The Kier molecular flexibility index (Phi) is 5.49. The minimum atomic E-state index is -4.80. The number of carboxylic acid groups (broad SMARTS) is 1. The highest BCUT2D eigenvalue weighted by Crippen LogP contribution is 2.35. The second kappa shape index (κ2) is 7.89. The third-order valence-corrected chi connectivity index (χ3v) is 4.09. The third kappa shape index (κ3) is 3.97. The SMILES string of the molecule is COc1ccc(-c2cc(C(F)(F)F)n3ncc(C(=O)NCC(=O)O)c3n2)cc1OC. The number of carbonyl (C=O) groups excluding carboxylic acids is 1. The fourth-order valence-corrected chi connectivity index (χ4v) is 2.72. The van der Waals surface area contributed by atoms with Crippen LogP contribution < -0.4 is 14.8 Å². The van der Waals surface area contributed by atoms with E-state index in [1.54, 1.807) is 0 Å². The van der Waals surface area contributed by atoms with Crippen molar-refractivity contribution in [1.29, 1.82) is 0 Å². The number of aliphatic carboxylic acids is 1. The van der Waals surface area contributed by atoms with Crippen molar-refractivity contribution in [3.05, 3.63) is 41.7 Å². The quantitative estimate of drug-likeness (QED) is 0.624. The number of hydrogen-bond donors (Lipinski definition) is 2. The first-order valence-corrected chi connectivity index (χ1v) is 8.34. The van der Waals surface area contributed by atoms with Gasteiger partial charge in [-0.1, -0.05) is 0 Å². The number of alkyl halides is 3. The fraction of sp³-hybridized carbons (Fsp3) is 0.222. The summed E-state index contributed by atoms with van der Waals surface area (Å²) in [6.45, 7) is -0.711. The first kappa shape index (κ1) is 20.9. The van der Waals surface area contributed by atoms with Crippen molar-refractivity contribution < 1.29 is 37.3 Å². The van der Waals surface area contributed by atoms with Gasteiger partial charge in [0.05, 0.1) is 26.1 Å². The Morgan fingerprint density at radius 1 is 1.17 bits per heavy atom. The number of nitrogens with one attached hydrogen (secondary N) is 1. The summed E-state index contributed by atoms with van der Waals surface area (Å²) < 4.78 is 51.7. The Morgan fingerprint density at radius 2 is 1.87 bits per heavy atom. The third-order valence-electron chi connectivity index (χ3n) is 4.09. The number of aromatic nitrogens is 3. The number of methoxy groups -OCH3 is 2. The molecule has 3 aromatic rings. The number of carbonyl (C=O) groups is 2. The summed E-state index contributed by atoms with van der Waals surface area (Å²) in [5, 5.41) is 14.4. The number of fused-ring (bicyclic) bond motifs is 1. The van der Waals surface area contributed by atoms with Crippen molar-refractivity contribution >= 4 is 17.5 Å². The molecular formula is C18H15F3N4O5. The van der Waals surface area contributed by atoms with E-state index in [-0.39, 0.29) is 28.2 Å². The molecule has 0 radical (unpaired) electrons. The number of rotatable bonds is 6. The van der Waals surface area contributed by atoms with Crippen LogP contribution in [0, 0.1) is 0 Å². The molecule has 9 nitrogen and oxygen atoms in total. The van der Waals surface area contributed by atoms with Gasteiger partial charge in [0, 0.05) is 5.56 Å². The summed E-state index contributed by atoms with van der Waals surface area (Å²) in [4.78, 5) is 27.0. The van der Waals surface area contributed by atoms with Crippen LogP contribution in [-0.4, -0.2) is 52.3 Å². The smallest absolute Gasteiger partial charge is 0.433 e. The lowest BCUT2D eigenvalue weighted by Crippen LogP contribution is -2.29. The van der Waals surface area contributed by atoms with Gasteiger partial charge in [-0.3, -0.25) is 9.59 Å². The molecule has 30 heavy (non-hydrogen) atoms. The average molecular weight is 424 g/mol. The van der Waals surface area contributed by atoms with Gasteiger partial charge in [0.2, 0.25) is 0 Å². The van der Waals surface area contributed by atoms with E-state index in [1.807, 2.05) is 0 Å². The second-order valence-electron chi connectivity index (χ2n) is 5.96. The molecule has 0 aliphatic carbocycles. The fourth-order valence-electron chi connectivity index (χ4n) is 2.72. The number of ether oxygens (including phenoxy) is 2.